The first-order valence-corrected chi connectivity index (χ1v) is 14.4. The van der Waals surface area contributed by atoms with Crippen molar-refractivity contribution >= 4 is 49.2 Å². The molecule has 0 saturated carbocycles. The normalized spacial score (nSPS) is 13.0. The molecule has 3 N–H and O–H groups in total. The molecule has 0 aliphatic carbocycles. The number of anilines is 1. The minimum atomic E-state index is -5.04. The largest absolute Gasteiger partial charge is 0.573 e. The zero-order valence-electron chi connectivity index (χ0n) is 22.1. The number of hydrogen-bond acceptors (Lipinski definition) is 7. The van der Waals surface area contributed by atoms with Gasteiger partial charge in [0.15, 0.2) is 5.82 Å². The average Bonchev–Trinajstić information content (AvgIpc) is 3.18. The molecule has 10 nitrogen and oxygen atoms in total. The first kappa shape index (κ1) is 30.2. The SMILES string of the molecule is Cn1nc(NS(C)(=O)=O)c2c(Cl)ccc(-n3c(C(N)Cc4cc(F)cc(F)c4)nc4ccc(OC(F)(F)F)cc4c3=O)c21. The number of halogens is 6. The number of nitrogens with zero attached hydrogens (tertiary/aromatic N) is 4. The Morgan fingerprint density at radius 1 is 1.09 bits per heavy atom. The monoisotopic (exact) mass is 642 g/mol. The summed E-state index contributed by atoms with van der Waals surface area (Å²) in [7, 11) is -2.38. The van der Waals surface area contributed by atoms with Crippen molar-refractivity contribution in [2.45, 2.75) is 18.8 Å². The number of nitrogens with two attached hydrogens (primary N) is 1. The lowest BCUT2D eigenvalue weighted by atomic mass is 10.0. The quantitative estimate of drug-likeness (QED) is 0.246. The lowest BCUT2D eigenvalue weighted by molar-refractivity contribution is -0.274. The molecule has 0 fully saturated rings. The first-order chi connectivity index (χ1) is 20.0. The molecule has 1 atom stereocenters. The molecule has 0 radical (unpaired) electrons. The van der Waals surface area contributed by atoms with E-state index in [1.165, 1.54) is 23.9 Å². The molecule has 1 unspecified atom stereocenters. The summed E-state index contributed by atoms with van der Waals surface area (Å²) < 4.78 is 99.1. The van der Waals surface area contributed by atoms with Gasteiger partial charge < -0.3 is 10.5 Å². The maximum absolute atomic E-state index is 14.0. The number of nitrogens with one attached hydrogen (secondary N) is 1. The number of sulfonamides is 1. The molecule has 43 heavy (non-hydrogen) atoms. The third-order valence-electron chi connectivity index (χ3n) is 6.25. The maximum atomic E-state index is 14.0. The molecular weight excluding hydrogens is 623 g/mol. The van der Waals surface area contributed by atoms with E-state index in [9.17, 15) is 35.2 Å². The molecular formula is C26H20ClF5N6O4S. The van der Waals surface area contributed by atoms with E-state index in [1.807, 2.05) is 0 Å². The summed E-state index contributed by atoms with van der Waals surface area (Å²) in [5, 5.41) is 4.05. The van der Waals surface area contributed by atoms with Crippen LogP contribution in [0.3, 0.4) is 0 Å². The van der Waals surface area contributed by atoms with Gasteiger partial charge >= 0.3 is 6.36 Å². The number of fused-ring (bicyclic) bond motifs is 2. The van der Waals surface area contributed by atoms with Gasteiger partial charge in [0, 0.05) is 13.1 Å². The Bertz CT molecular complexity index is 2060. The van der Waals surface area contributed by atoms with Crippen molar-refractivity contribution in [3.8, 4) is 11.4 Å². The third-order valence-corrected chi connectivity index (χ3v) is 7.13. The van der Waals surface area contributed by atoms with Gasteiger partial charge in [0.2, 0.25) is 10.0 Å². The van der Waals surface area contributed by atoms with Crippen LogP contribution >= 0.6 is 11.6 Å². The Morgan fingerprint density at radius 2 is 1.77 bits per heavy atom. The number of benzene rings is 3. The number of aromatic nitrogens is 4. The van der Waals surface area contributed by atoms with E-state index in [-0.39, 0.29) is 56.1 Å². The Morgan fingerprint density at radius 3 is 2.40 bits per heavy atom. The molecule has 0 spiro atoms. The fourth-order valence-corrected chi connectivity index (χ4v) is 5.46. The molecule has 2 aromatic heterocycles. The molecule has 0 bridgehead atoms. The summed E-state index contributed by atoms with van der Waals surface area (Å²) in [5.74, 6) is -2.68. The smallest absolute Gasteiger partial charge is 0.406 e. The Balaban J connectivity index is 1.81. The van der Waals surface area contributed by atoms with E-state index < -0.39 is 45.4 Å². The van der Waals surface area contributed by atoms with Crippen molar-refractivity contribution in [3.63, 3.8) is 0 Å². The van der Waals surface area contributed by atoms with E-state index in [0.29, 0.717) is 6.07 Å². The highest BCUT2D eigenvalue weighted by Gasteiger charge is 2.32. The number of alkyl halides is 3. The minimum Gasteiger partial charge on any atom is -0.406 e. The van der Waals surface area contributed by atoms with Crippen LogP contribution in [-0.4, -0.2) is 40.4 Å². The summed E-state index contributed by atoms with van der Waals surface area (Å²) in [6.07, 6.45) is -4.34. The van der Waals surface area contributed by atoms with Crippen LogP contribution in [-0.2, 0) is 23.5 Å². The van der Waals surface area contributed by atoms with Gasteiger partial charge in [-0.3, -0.25) is 18.8 Å². The Kier molecular flexibility index (Phi) is 7.56. The van der Waals surface area contributed by atoms with Crippen LogP contribution in [0.15, 0.2) is 53.3 Å². The van der Waals surface area contributed by atoms with Crippen molar-refractivity contribution in [1.82, 2.24) is 19.3 Å². The summed E-state index contributed by atoms with van der Waals surface area (Å²) in [4.78, 5) is 18.5. The molecule has 0 saturated heterocycles. The van der Waals surface area contributed by atoms with Crippen molar-refractivity contribution in [3.05, 3.63) is 86.9 Å². The van der Waals surface area contributed by atoms with E-state index >= 15 is 0 Å². The predicted octanol–water partition coefficient (Wildman–Crippen LogP) is 4.72. The zero-order valence-corrected chi connectivity index (χ0v) is 23.7. The topological polar surface area (TPSA) is 134 Å². The first-order valence-electron chi connectivity index (χ1n) is 12.2. The molecule has 226 valence electrons. The summed E-state index contributed by atoms with van der Waals surface area (Å²) in [6.45, 7) is 0. The van der Waals surface area contributed by atoms with Gasteiger partial charge in [-0.05, 0) is 54.4 Å². The molecule has 0 aliphatic heterocycles. The van der Waals surface area contributed by atoms with Crippen LogP contribution in [0.2, 0.25) is 5.02 Å². The Hall–Kier alpha value is -4.28. The molecule has 2 heterocycles. The van der Waals surface area contributed by atoms with Crippen molar-refractivity contribution in [1.29, 1.82) is 0 Å². The van der Waals surface area contributed by atoms with Gasteiger partial charge in [-0.25, -0.2) is 22.2 Å². The van der Waals surface area contributed by atoms with Crippen molar-refractivity contribution < 1.29 is 35.1 Å². The fraction of sp³-hybridized carbons (Fsp3) is 0.192. The number of aryl methyl sites for hydroxylation is 1. The second-order valence-corrected chi connectivity index (χ2v) is 11.7. The van der Waals surface area contributed by atoms with Gasteiger partial charge in [-0.2, -0.15) is 5.10 Å². The second-order valence-electron chi connectivity index (χ2n) is 9.56. The van der Waals surface area contributed by atoms with Crippen LogP contribution in [0.4, 0.5) is 27.8 Å². The van der Waals surface area contributed by atoms with Crippen LogP contribution in [0.25, 0.3) is 27.5 Å². The molecule has 0 amide bonds. The number of rotatable bonds is 7. The van der Waals surface area contributed by atoms with Gasteiger partial charge in [0.05, 0.1) is 44.8 Å². The van der Waals surface area contributed by atoms with E-state index in [2.05, 4.69) is 19.5 Å². The highest BCUT2D eigenvalue weighted by molar-refractivity contribution is 7.92. The number of hydrogen-bond donors (Lipinski definition) is 2. The van der Waals surface area contributed by atoms with Gasteiger partial charge in [-0.15, -0.1) is 13.2 Å². The molecule has 17 heteroatoms. The Labute approximate surface area is 244 Å². The maximum Gasteiger partial charge on any atom is 0.573 e. The minimum absolute atomic E-state index is 0.0355. The standard InChI is InChI=1S/C26H20ClF5N6O4S/c1-37-22-20(6-4-17(27)21(22)23(35-37)36-43(2,40)41)38-24(18(33)9-12-7-13(28)10-14(29)8-12)34-19-5-3-15(42-26(30,31)32)11-16(19)25(38)39/h3-8,10-11,18H,9,33H2,1-2H3,(H,35,36). The summed E-state index contributed by atoms with van der Waals surface area (Å²) in [5.41, 5.74) is 5.85. The van der Waals surface area contributed by atoms with Crippen LogP contribution in [0.5, 0.6) is 5.75 Å². The molecule has 0 aliphatic rings. The van der Waals surface area contributed by atoms with Crippen LogP contribution in [0, 0.1) is 11.6 Å². The highest BCUT2D eigenvalue weighted by atomic mass is 35.5. The molecule has 5 aromatic rings. The molecule has 3 aromatic carbocycles. The second kappa shape index (κ2) is 10.8. The van der Waals surface area contributed by atoms with Crippen molar-refractivity contribution in [2.24, 2.45) is 12.8 Å². The van der Waals surface area contributed by atoms with Crippen molar-refractivity contribution in [2.75, 3.05) is 11.0 Å². The lowest BCUT2D eigenvalue weighted by Crippen LogP contribution is -2.30. The van der Waals surface area contributed by atoms with Crippen LogP contribution < -0.4 is 20.8 Å². The van der Waals surface area contributed by atoms with Gasteiger partial charge in [-0.1, -0.05) is 11.6 Å². The van der Waals surface area contributed by atoms with Gasteiger partial charge in [0.25, 0.3) is 5.56 Å². The fourth-order valence-electron chi connectivity index (χ4n) is 4.72. The lowest BCUT2D eigenvalue weighted by Gasteiger charge is -2.20. The van der Waals surface area contributed by atoms with Gasteiger partial charge in [0.1, 0.15) is 23.2 Å². The number of ether oxygens (including phenoxy) is 1. The van der Waals surface area contributed by atoms with E-state index in [0.717, 1.165) is 41.2 Å². The predicted molar refractivity (Wildman–Crippen MR) is 149 cm³/mol. The molecule has 5 rings (SSSR count). The summed E-state index contributed by atoms with van der Waals surface area (Å²) >= 11 is 6.41. The summed E-state index contributed by atoms with van der Waals surface area (Å²) in [6, 6.07) is 7.30. The van der Waals surface area contributed by atoms with Crippen LogP contribution in [0.1, 0.15) is 17.4 Å². The average molecular weight is 643 g/mol. The zero-order chi connectivity index (χ0) is 31.4. The third kappa shape index (κ3) is 6.25. The van der Waals surface area contributed by atoms with E-state index in [1.54, 1.807) is 0 Å². The van der Waals surface area contributed by atoms with E-state index in [4.69, 9.17) is 17.3 Å². The highest BCUT2D eigenvalue weighted by Crippen LogP contribution is 2.35.